The fourth-order valence-electron chi connectivity index (χ4n) is 2.18. The van der Waals surface area contributed by atoms with Crippen LogP contribution >= 0.6 is 11.3 Å². The van der Waals surface area contributed by atoms with Crippen molar-refractivity contribution < 1.29 is 5.11 Å². The molecule has 0 saturated carbocycles. The van der Waals surface area contributed by atoms with E-state index >= 15 is 0 Å². The number of benzene rings is 1. The summed E-state index contributed by atoms with van der Waals surface area (Å²) in [6, 6.07) is 14.2. The summed E-state index contributed by atoms with van der Waals surface area (Å²) < 4.78 is 1.22. The van der Waals surface area contributed by atoms with E-state index in [4.69, 9.17) is 0 Å². The van der Waals surface area contributed by atoms with E-state index in [0.717, 1.165) is 16.1 Å². The second-order valence-electron chi connectivity index (χ2n) is 4.67. The monoisotopic (exact) mass is 269 g/mol. The van der Waals surface area contributed by atoms with Gasteiger partial charge >= 0.3 is 0 Å². The molecule has 1 aromatic carbocycles. The Bertz CT molecular complexity index is 672. The van der Waals surface area contributed by atoms with Crippen molar-refractivity contribution in [2.24, 2.45) is 0 Å². The third-order valence-corrected chi connectivity index (χ3v) is 4.49. The minimum atomic E-state index is -0.481. The summed E-state index contributed by atoms with van der Waals surface area (Å²) in [6.45, 7) is 2.03. The van der Waals surface area contributed by atoms with E-state index in [9.17, 15) is 5.11 Å². The molecule has 2 aromatic heterocycles. The van der Waals surface area contributed by atoms with Crippen molar-refractivity contribution in [3.8, 4) is 0 Å². The van der Waals surface area contributed by atoms with Crippen LogP contribution in [-0.4, -0.2) is 10.1 Å². The van der Waals surface area contributed by atoms with Crippen molar-refractivity contribution in [2.75, 3.05) is 0 Å². The summed E-state index contributed by atoms with van der Waals surface area (Å²) in [4.78, 5) is 5.35. The Morgan fingerprint density at radius 2 is 2.05 bits per heavy atom. The number of rotatable bonds is 3. The maximum Gasteiger partial charge on any atom is 0.0937 e. The van der Waals surface area contributed by atoms with E-state index in [-0.39, 0.29) is 0 Å². The molecule has 0 aliphatic heterocycles. The van der Waals surface area contributed by atoms with Crippen LogP contribution in [0.5, 0.6) is 0 Å². The molecule has 19 heavy (non-hydrogen) atoms. The Morgan fingerprint density at radius 1 is 1.21 bits per heavy atom. The SMILES string of the molecule is Cc1cccnc1CC(O)c1cc2ccccc2s1. The number of aliphatic hydroxyl groups is 1. The van der Waals surface area contributed by atoms with Crippen LogP contribution in [-0.2, 0) is 6.42 Å². The van der Waals surface area contributed by atoms with Gasteiger partial charge in [-0.15, -0.1) is 11.3 Å². The normalized spacial score (nSPS) is 12.7. The molecule has 0 amide bonds. The summed E-state index contributed by atoms with van der Waals surface area (Å²) in [5.41, 5.74) is 2.09. The quantitative estimate of drug-likeness (QED) is 0.782. The number of nitrogens with zero attached hydrogens (tertiary/aromatic N) is 1. The Balaban J connectivity index is 1.87. The van der Waals surface area contributed by atoms with Crippen LogP contribution in [0.25, 0.3) is 10.1 Å². The van der Waals surface area contributed by atoms with Crippen LogP contribution in [0.4, 0.5) is 0 Å². The van der Waals surface area contributed by atoms with Gasteiger partial charge in [-0.25, -0.2) is 0 Å². The number of fused-ring (bicyclic) bond motifs is 1. The summed E-state index contributed by atoms with van der Waals surface area (Å²) in [7, 11) is 0. The van der Waals surface area contributed by atoms with Crippen LogP contribution in [0.3, 0.4) is 0 Å². The molecular formula is C16H15NOS. The van der Waals surface area contributed by atoms with E-state index in [1.54, 1.807) is 17.5 Å². The molecule has 96 valence electrons. The summed E-state index contributed by atoms with van der Waals surface area (Å²) in [6.07, 6.45) is 1.87. The number of pyridine rings is 1. The lowest BCUT2D eigenvalue weighted by atomic mass is 10.1. The van der Waals surface area contributed by atoms with Crippen molar-refractivity contribution in [3.05, 3.63) is 64.8 Å². The molecule has 1 atom stereocenters. The highest BCUT2D eigenvalue weighted by atomic mass is 32.1. The van der Waals surface area contributed by atoms with Crippen molar-refractivity contribution in [3.63, 3.8) is 0 Å². The first-order valence-corrected chi connectivity index (χ1v) is 7.13. The lowest BCUT2D eigenvalue weighted by molar-refractivity contribution is 0.181. The van der Waals surface area contributed by atoms with Crippen LogP contribution in [0.1, 0.15) is 22.2 Å². The maximum atomic E-state index is 10.4. The first kappa shape index (κ1) is 12.3. The zero-order chi connectivity index (χ0) is 13.2. The third-order valence-electron chi connectivity index (χ3n) is 3.28. The molecule has 0 bridgehead atoms. The number of aromatic nitrogens is 1. The largest absolute Gasteiger partial charge is 0.387 e. The third kappa shape index (κ3) is 2.53. The van der Waals surface area contributed by atoms with Gasteiger partial charge in [-0.05, 0) is 36.1 Å². The standard InChI is InChI=1S/C16H15NOS/c1-11-5-4-8-17-13(11)10-14(18)16-9-12-6-2-3-7-15(12)19-16/h2-9,14,18H,10H2,1H3. The van der Waals surface area contributed by atoms with Gasteiger partial charge in [0.05, 0.1) is 6.10 Å². The van der Waals surface area contributed by atoms with E-state index in [0.29, 0.717) is 6.42 Å². The molecule has 3 aromatic rings. The summed E-state index contributed by atoms with van der Waals surface area (Å²) in [5.74, 6) is 0. The van der Waals surface area contributed by atoms with Gasteiger partial charge in [0.2, 0.25) is 0 Å². The van der Waals surface area contributed by atoms with E-state index in [2.05, 4.69) is 23.2 Å². The number of aliphatic hydroxyl groups excluding tert-OH is 1. The van der Waals surface area contributed by atoms with Gasteiger partial charge in [0.1, 0.15) is 0 Å². The molecular weight excluding hydrogens is 254 g/mol. The number of hydrogen-bond donors (Lipinski definition) is 1. The molecule has 0 saturated heterocycles. The topological polar surface area (TPSA) is 33.1 Å². The van der Waals surface area contributed by atoms with Crippen LogP contribution in [0.15, 0.2) is 48.7 Å². The van der Waals surface area contributed by atoms with Gasteiger partial charge in [-0.3, -0.25) is 4.98 Å². The Hall–Kier alpha value is -1.71. The summed E-state index contributed by atoms with van der Waals surface area (Å²) in [5, 5.41) is 11.6. The molecule has 2 heterocycles. The van der Waals surface area contributed by atoms with Crippen molar-refractivity contribution in [2.45, 2.75) is 19.4 Å². The zero-order valence-corrected chi connectivity index (χ0v) is 11.5. The lowest BCUT2D eigenvalue weighted by Gasteiger charge is -2.09. The maximum absolute atomic E-state index is 10.4. The molecule has 3 heteroatoms. The van der Waals surface area contributed by atoms with Gasteiger partial charge in [0, 0.05) is 27.9 Å². The fraction of sp³-hybridized carbons (Fsp3) is 0.188. The van der Waals surface area contributed by atoms with E-state index < -0.39 is 6.10 Å². The van der Waals surface area contributed by atoms with Crippen molar-refractivity contribution >= 4 is 21.4 Å². The zero-order valence-electron chi connectivity index (χ0n) is 10.7. The summed E-state index contributed by atoms with van der Waals surface area (Å²) >= 11 is 1.65. The molecule has 1 N–H and O–H groups in total. The molecule has 0 radical (unpaired) electrons. The van der Waals surface area contributed by atoms with Gasteiger partial charge in [-0.2, -0.15) is 0 Å². The van der Waals surface area contributed by atoms with Gasteiger partial charge in [-0.1, -0.05) is 24.3 Å². The van der Waals surface area contributed by atoms with Gasteiger partial charge in [0.25, 0.3) is 0 Å². The number of hydrogen-bond acceptors (Lipinski definition) is 3. The molecule has 0 aliphatic carbocycles. The number of aryl methyl sites for hydroxylation is 1. The minimum absolute atomic E-state index is 0.481. The van der Waals surface area contributed by atoms with Crippen LogP contribution in [0.2, 0.25) is 0 Å². The van der Waals surface area contributed by atoms with Crippen molar-refractivity contribution in [1.29, 1.82) is 0 Å². The van der Waals surface area contributed by atoms with E-state index in [1.165, 1.54) is 10.1 Å². The molecule has 0 fully saturated rings. The second-order valence-corrected chi connectivity index (χ2v) is 5.79. The fourth-order valence-corrected chi connectivity index (χ4v) is 3.23. The molecule has 0 aliphatic rings. The highest BCUT2D eigenvalue weighted by Gasteiger charge is 2.13. The first-order chi connectivity index (χ1) is 9.24. The average Bonchev–Trinajstić information content (AvgIpc) is 2.85. The highest BCUT2D eigenvalue weighted by Crippen LogP contribution is 2.31. The Kier molecular flexibility index (Phi) is 3.32. The van der Waals surface area contributed by atoms with E-state index in [1.807, 2.05) is 31.2 Å². The van der Waals surface area contributed by atoms with Crippen molar-refractivity contribution in [1.82, 2.24) is 4.98 Å². The predicted molar refractivity (Wildman–Crippen MR) is 79.5 cm³/mol. The highest BCUT2D eigenvalue weighted by molar-refractivity contribution is 7.19. The van der Waals surface area contributed by atoms with Crippen LogP contribution < -0.4 is 0 Å². The van der Waals surface area contributed by atoms with Gasteiger partial charge in [0.15, 0.2) is 0 Å². The molecule has 0 spiro atoms. The second kappa shape index (κ2) is 5.11. The molecule has 3 rings (SSSR count). The van der Waals surface area contributed by atoms with Gasteiger partial charge < -0.3 is 5.11 Å². The lowest BCUT2D eigenvalue weighted by Crippen LogP contribution is -2.03. The minimum Gasteiger partial charge on any atom is -0.387 e. The molecule has 1 unspecified atom stereocenters. The molecule has 2 nitrogen and oxygen atoms in total. The van der Waals surface area contributed by atoms with Crippen LogP contribution in [0, 0.1) is 6.92 Å². The predicted octanol–water partition coefficient (Wildman–Crippen LogP) is 3.88. The smallest absolute Gasteiger partial charge is 0.0937 e. The number of thiophene rings is 1. The Morgan fingerprint density at radius 3 is 2.84 bits per heavy atom. The average molecular weight is 269 g/mol. The Labute approximate surface area is 116 Å². The first-order valence-electron chi connectivity index (χ1n) is 6.31.